The first-order valence-electron chi connectivity index (χ1n) is 3.34. The highest BCUT2D eigenvalue weighted by Gasteiger charge is 2.21. The van der Waals surface area contributed by atoms with Crippen LogP contribution in [0.3, 0.4) is 0 Å². The maximum Gasteiger partial charge on any atom is 0.673 e. The van der Waals surface area contributed by atoms with Crippen LogP contribution < -0.4 is 0 Å². The summed E-state index contributed by atoms with van der Waals surface area (Å²) in [4.78, 5) is 0. The van der Waals surface area contributed by atoms with E-state index in [1.165, 1.54) is 6.92 Å². The third-order valence-electron chi connectivity index (χ3n) is 0. The highest BCUT2D eigenvalue weighted by atomic mass is 19.5. The summed E-state index contributed by atoms with van der Waals surface area (Å²) in [7, 11) is -18.0. The Morgan fingerprint density at radius 2 is 0.556 bits per heavy atom. The molecule has 0 unspecified atom stereocenters. The van der Waals surface area contributed by atoms with E-state index in [1.54, 1.807) is 6.07 Å². The van der Waals surface area contributed by atoms with E-state index < -0.39 is 21.8 Å². The van der Waals surface area contributed by atoms with Crippen molar-refractivity contribution in [2.75, 3.05) is 0 Å². The summed E-state index contributed by atoms with van der Waals surface area (Å²) in [6, 6.07) is 1.75. The standard InChI is InChI=1S/C2H3N.3BF4/c1-2-3;3*2-1(3,4)5/h1H3;;;/q;3*-1. The molecule has 16 heteroatoms. The van der Waals surface area contributed by atoms with Crippen molar-refractivity contribution in [2.45, 2.75) is 6.92 Å². The molecule has 0 amide bonds. The number of hydrogen-bond donors (Lipinski definition) is 0. The van der Waals surface area contributed by atoms with Crippen LogP contribution in [0.15, 0.2) is 0 Å². The van der Waals surface area contributed by atoms with E-state index in [2.05, 4.69) is 0 Å². The first kappa shape index (κ1) is 25.6. The predicted octanol–water partition coefficient (Wildman–Crippen LogP) is 4.43. The van der Waals surface area contributed by atoms with Gasteiger partial charge in [-0.2, -0.15) is 5.26 Å². The zero-order chi connectivity index (χ0) is 16.2. The SMILES string of the molecule is CC#N.F[B-](F)(F)F.F[B-](F)(F)F.F[B-](F)(F)F. The van der Waals surface area contributed by atoms with Gasteiger partial charge in [-0.25, -0.2) is 0 Å². The molecule has 0 aliphatic rings. The van der Waals surface area contributed by atoms with E-state index in [-0.39, 0.29) is 0 Å². The fourth-order valence-corrected chi connectivity index (χ4v) is 0. The molecule has 0 rings (SSSR count). The van der Waals surface area contributed by atoms with Crippen molar-refractivity contribution in [1.82, 2.24) is 0 Å². The van der Waals surface area contributed by atoms with Gasteiger partial charge in [-0.05, 0) is 0 Å². The van der Waals surface area contributed by atoms with Gasteiger partial charge < -0.3 is 51.8 Å². The van der Waals surface area contributed by atoms with Crippen LogP contribution in [0.1, 0.15) is 6.92 Å². The van der Waals surface area contributed by atoms with Crippen molar-refractivity contribution in [3.8, 4) is 6.07 Å². The topological polar surface area (TPSA) is 23.8 Å². The summed E-state index contributed by atoms with van der Waals surface area (Å²) in [6.07, 6.45) is 0. The smallest absolute Gasteiger partial charge is 0.418 e. The molecule has 18 heavy (non-hydrogen) atoms. The molecule has 0 bridgehead atoms. The second-order valence-corrected chi connectivity index (χ2v) is 1.71. The lowest BCUT2D eigenvalue weighted by Crippen LogP contribution is -2.02. The van der Waals surface area contributed by atoms with Gasteiger partial charge in [0.2, 0.25) is 0 Å². The van der Waals surface area contributed by atoms with Crippen molar-refractivity contribution < 1.29 is 51.8 Å². The number of halogens is 12. The van der Waals surface area contributed by atoms with Crippen molar-refractivity contribution >= 4 is 21.8 Å². The van der Waals surface area contributed by atoms with Gasteiger partial charge in [-0.15, -0.1) is 0 Å². The molecule has 0 spiro atoms. The lowest BCUT2D eigenvalue weighted by molar-refractivity contribution is 0.366. The molecule has 0 aromatic carbocycles. The van der Waals surface area contributed by atoms with Crippen LogP contribution in [0.4, 0.5) is 51.8 Å². The van der Waals surface area contributed by atoms with E-state index in [1.807, 2.05) is 0 Å². The predicted molar refractivity (Wildman–Crippen MR) is 41.8 cm³/mol. The minimum atomic E-state index is -6.00. The Balaban J connectivity index is -0.0000000739. The van der Waals surface area contributed by atoms with Crippen LogP contribution in [0, 0.1) is 11.3 Å². The van der Waals surface area contributed by atoms with Crippen LogP contribution in [0.2, 0.25) is 0 Å². The summed E-state index contributed by atoms with van der Waals surface area (Å²) in [5.41, 5.74) is 0. The van der Waals surface area contributed by atoms with Gasteiger partial charge in [0.05, 0.1) is 6.07 Å². The first-order valence-corrected chi connectivity index (χ1v) is 3.34. The average molecular weight is 301 g/mol. The van der Waals surface area contributed by atoms with Crippen LogP contribution in [0.5, 0.6) is 0 Å². The molecular weight excluding hydrogens is 298 g/mol. The number of nitriles is 1. The van der Waals surface area contributed by atoms with Crippen molar-refractivity contribution in [1.29, 1.82) is 5.26 Å². The summed E-state index contributed by atoms with van der Waals surface area (Å²) >= 11 is 0. The maximum atomic E-state index is 9.75. The molecule has 0 radical (unpaired) electrons. The molecule has 0 N–H and O–H groups in total. The molecule has 0 atom stereocenters. The highest BCUT2D eigenvalue weighted by Crippen LogP contribution is 2.07. The van der Waals surface area contributed by atoms with Crippen LogP contribution in [-0.2, 0) is 0 Å². The molecule has 0 saturated heterocycles. The van der Waals surface area contributed by atoms with Gasteiger partial charge in [0, 0.05) is 6.92 Å². The van der Waals surface area contributed by atoms with Gasteiger partial charge in [0.25, 0.3) is 0 Å². The Labute approximate surface area is 93.1 Å². The van der Waals surface area contributed by atoms with Crippen LogP contribution >= 0.6 is 0 Å². The Hall–Kier alpha value is -1.16. The van der Waals surface area contributed by atoms with E-state index in [4.69, 9.17) is 5.26 Å². The quantitative estimate of drug-likeness (QED) is 0.479. The average Bonchev–Trinajstić information content (AvgIpc) is 1.71. The van der Waals surface area contributed by atoms with E-state index >= 15 is 0 Å². The zero-order valence-electron chi connectivity index (χ0n) is 8.21. The summed E-state index contributed by atoms with van der Waals surface area (Å²) < 4.78 is 117. The van der Waals surface area contributed by atoms with Crippen LogP contribution in [0.25, 0.3) is 0 Å². The fraction of sp³-hybridized carbons (Fsp3) is 0.500. The van der Waals surface area contributed by atoms with Gasteiger partial charge in [-0.1, -0.05) is 0 Å². The third kappa shape index (κ3) is 2130. The third-order valence-corrected chi connectivity index (χ3v) is 0. The van der Waals surface area contributed by atoms with Crippen molar-refractivity contribution in [3.63, 3.8) is 0 Å². The Morgan fingerprint density at radius 1 is 0.556 bits per heavy atom. The van der Waals surface area contributed by atoms with Gasteiger partial charge in [-0.3, -0.25) is 0 Å². The Bertz CT molecular complexity index is 161. The van der Waals surface area contributed by atoms with Gasteiger partial charge in [0.15, 0.2) is 0 Å². The minimum absolute atomic E-state index is 1.43. The highest BCUT2D eigenvalue weighted by molar-refractivity contribution is 6.50. The van der Waals surface area contributed by atoms with E-state index in [9.17, 15) is 51.8 Å². The van der Waals surface area contributed by atoms with E-state index in [0.29, 0.717) is 0 Å². The lowest BCUT2D eigenvalue weighted by Gasteiger charge is -1.94. The normalized spacial score (nSPS) is 10.4. The Morgan fingerprint density at radius 3 is 0.556 bits per heavy atom. The second-order valence-electron chi connectivity index (χ2n) is 1.71. The molecule has 0 heterocycles. The lowest BCUT2D eigenvalue weighted by atomic mass is 10.3. The first-order chi connectivity index (χ1) is 7.41. The maximum absolute atomic E-state index is 9.75. The minimum Gasteiger partial charge on any atom is -0.418 e. The summed E-state index contributed by atoms with van der Waals surface area (Å²) in [5, 5.41) is 7.32. The molecule has 0 saturated carbocycles. The number of hydrogen-bond acceptors (Lipinski definition) is 1. The summed E-state index contributed by atoms with van der Waals surface area (Å²) in [5.74, 6) is 0. The fourth-order valence-electron chi connectivity index (χ4n) is 0. The molecular formula is C2H3B3F12N-3. The monoisotopic (exact) mass is 302 g/mol. The zero-order valence-corrected chi connectivity index (χ0v) is 8.21. The number of nitrogens with zero attached hydrogens (tertiary/aromatic N) is 1. The van der Waals surface area contributed by atoms with Crippen molar-refractivity contribution in [3.05, 3.63) is 0 Å². The molecule has 1 nitrogen and oxygen atoms in total. The molecule has 0 aromatic heterocycles. The van der Waals surface area contributed by atoms with E-state index in [0.717, 1.165) is 0 Å². The largest absolute Gasteiger partial charge is 0.673 e. The van der Waals surface area contributed by atoms with Crippen molar-refractivity contribution in [2.24, 2.45) is 0 Å². The van der Waals surface area contributed by atoms with Gasteiger partial charge >= 0.3 is 21.8 Å². The molecule has 112 valence electrons. The Kier molecular flexibility index (Phi) is 15.6. The van der Waals surface area contributed by atoms with Crippen LogP contribution in [-0.4, -0.2) is 21.8 Å². The molecule has 0 aliphatic heterocycles. The van der Waals surface area contributed by atoms with Gasteiger partial charge in [0.1, 0.15) is 0 Å². The summed E-state index contributed by atoms with van der Waals surface area (Å²) in [6.45, 7) is 1.43. The second kappa shape index (κ2) is 11.0. The molecule has 0 aliphatic carbocycles. The number of rotatable bonds is 0. The molecule has 0 fully saturated rings. The molecule has 0 aromatic rings.